The van der Waals surface area contributed by atoms with E-state index in [-0.39, 0.29) is 5.92 Å². The molecular formula is C13H15ClFN3O. The fraction of sp³-hybridized carbons (Fsp3) is 0.385. The largest absolute Gasteiger partial charge is 0.383 e. The number of aliphatic hydroxyl groups is 1. The summed E-state index contributed by atoms with van der Waals surface area (Å²) in [6, 6.07) is 1.24. The predicted octanol–water partition coefficient (Wildman–Crippen LogP) is 2.81. The molecule has 0 spiro atoms. The first-order valence-electron chi connectivity index (χ1n) is 5.92. The number of rotatable bonds is 3. The van der Waals surface area contributed by atoms with Gasteiger partial charge in [0.1, 0.15) is 17.1 Å². The number of hydrogen-bond donors (Lipinski definition) is 1. The fourth-order valence-corrected chi connectivity index (χ4v) is 2.20. The molecule has 0 fully saturated rings. The zero-order valence-electron chi connectivity index (χ0n) is 10.9. The summed E-state index contributed by atoms with van der Waals surface area (Å²) in [5.74, 6) is -0.396. The standard InChI is InChI=1S/C13H15ClFN3O/c1-7(2)11-10(13(14)18(3)17-11)12(19)8-4-9(15)6-16-5-8/h4-7,12,19H,1-3H3. The Morgan fingerprint density at radius 1 is 1.37 bits per heavy atom. The van der Waals surface area contributed by atoms with Gasteiger partial charge < -0.3 is 5.11 Å². The lowest BCUT2D eigenvalue weighted by Gasteiger charge is -2.13. The Hall–Kier alpha value is -1.46. The van der Waals surface area contributed by atoms with E-state index in [1.54, 1.807) is 7.05 Å². The van der Waals surface area contributed by atoms with Crippen LogP contribution in [0.4, 0.5) is 4.39 Å². The Bertz CT molecular complexity index is 598. The first-order chi connectivity index (χ1) is 8.91. The van der Waals surface area contributed by atoms with E-state index in [1.165, 1.54) is 16.9 Å². The first-order valence-corrected chi connectivity index (χ1v) is 6.30. The number of nitrogens with zero attached hydrogens (tertiary/aromatic N) is 3. The van der Waals surface area contributed by atoms with Crippen LogP contribution in [0.2, 0.25) is 5.15 Å². The molecule has 2 heterocycles. The molecule has 1 N–H and O–H groups in total. The molecule has 0 amide bonds. The van der Waals surface area contributed by atoms with Gasteiger partial charge in [-0.05, 0) is 12.0 Å². The van der Waals surface area contributed by atoms with E-state index in [1.807, 2.05) is 13.8 Å². The normalized spacial score (nSPS) is 13.0. The summed E-state index contributed by atoms with van der Waals surface area (Å²) in [6.07, 6.45) is 1.47. The average Bonchev–Trinajstić information content (AvgIpc) is 2.65. The van der Waals surface area contributed by atoms with Gasteiger partial charge in [0.15, 0.2) is 0 Å². The second kappa shape index (κ2) is 5.27. The van der Waals surface area contributed by atoms with Gasteiger partial charge in [-0.2, -0.15) is 5.10 Å². The number of aryl methyl sites for hydroxylation is 1. The minimum atomic E-state index is -1.04. The molecule has 1 unspecified atom stereocenters. The van der Waals surface area contributed by atoms with Crippen LogP contribution in [0.1, 0.15) is 42.7 Å². The van der Waals surface area contributed by atoms with Crippen LogP contribution in [0.3, 0.4) is 0 Å². The summed E-state index contributed by atoms with van der Waals surface area (Å²) < 4.78 is 14.7. The van der Waals surface area contributed by atoms with E-state index in [4.69, 9.17) is 11.6 Å². The molecule has 2 aromatic rings. The molecule has 2 rings (SSSR count). The highest BCUT2D eigenvalue weighted by Crippen LogP contribution is 2.34. The molecule has 1 atom stereocenters. The zero-order chi connectivity index (χ0) is 14.2. The molecule has 0 bridgehead atoms. The van der Waals surface area contributed by atoms with Crippen molar-refractivity contribution in [1.29, 1.82) is 0 Å². The SMILES string of the molecule is CC(C)c1nn(C)c(Cl)c1C(O)c1cncc(F)c1. The van der Waals surface area contributed by atoms with Crippen molar-refractivity contribution in [2.24, 2.45) is 7.05 Å². The van der Waals surface area contributed by atoms with Gasteiger partial charge in [-0.1, -0.05) is 25.4 Å². The van der Waals surface area contributed by atoms with E-state index in [0.29, 0.717) is 22.0 Å². The van der Waals surface area contributed by atoms with Crippen LogP contribution in [0.5, 0.6) is 0 Å². The molecule has 0 aromatic carbocycles. The van der Waals surface area contributed by atoms with Gasteiger partial charge in [0.2, 0.25) is 0 Å². The van der Waals surface area contributed by atoms with Gasteiger partial charge in [-0.15, -0.1) is 0 Å². The molecule has 102 valence electrons. The van der Waals surface area contributed by atoms with Crippen molar-refractivity contribution in [3.8, 4) is 0 Å². The number of aromatic nitrogens is 3. The lowest BCUT2D eigenvalue weighted by Crippen LogP contribution is -2.05. The molecule has 0 aliphatic rings. The third kappa shape index (κ3) is 2.62. The monoisotopic (exact) mass is 283 g/mol. The molecule has 2 aromatic heterocycles. The van der Waals surface area contributed by atoms with Crippen LogP contribution in [-0.2, 0) is 7.05 Å². The van der Waals surface area contributed by atoms with Crippen LogP contribution >= 0.6 is 11.6 Å². The van der Waals surface area contributed by atoms with Crippen molar-refractivity contribution in [3.63, 3.8) is 0 Å². The Balaban J connectivity index is 2.52. The van der Waals surface area contributed by atoms with Crippen LogP contribution in [0.15, 0.2) is 18.5 Å². The molecule has 0 radical (unpaired) electrons. The van der Waals surface area contributed by atoms with Crippen molar-refractivity contribution in [3.05, 3.63) is 46.3 Å². The minimum Gasteiger partial charge on any atom is -0.383 e. The van der Waals surface area contributed by atoms with Crippen LogP contribution < -0.4 is 0 Å². The fourth-order valence-electron chi connectivity index (χ4n) is 1.96. The van der Waals surface area contributed by atoms with Gasteiger partial charge in [-0.3, -0.25) is 9.67 Å². The molecule has 4 nitrogen and oxygen atoms in total. The van der Waals surface area contributed by atoms with Gasteiger partial charge in [0.05, 0.1) is 11.9 Å². The van der Waals surface area contributed by atoms with Crippen molar-refractivity contribution in [2.75, 3.05) is 0 Å². The summed E-state index contributed by atoms with van der Waals surface area (Å²) in [6.45, 7) is 3.91. The van der Waals surface area contributed by atoms with E-state index >= 15 is 0 Å². The van der Waals surface area contributed by atoms with E-state index in [9.17, 15) is 9.50 Å². The van der Waals surface area contributed by atoms with Crippen molar-refractivity contribution in [1.82, 2.24) is 14.8 Å². The predicted molar refractivity (Wildman–Crippen MR) is 70.6 cm³/mol. The quantitative estimate of drug-likeness (QED) is 0.942. The lowest BCUT2D eigenvalue weighted by atomic mass is 9.98. The van der Waals surface area contributed by atoms with Crippen molar-refractivity contribution < 1.29 is 9.50 Å². The highest BCUT2D eigenvalue weighted by molar-refractivity contribution is 6.30. The topological polar surface area (TPSA) is 50.9 Å². The maximum Gasteiger partial charge on any atom is 0.141 e. The van der Waals surface area contributed by atoms with Gasteiger partial charge >= 0.3 is 0 Å². The molecule has 0 saturated carbocycles. The Morgan fingerprint density at radius 2 is 2.05 bits per heavy atom. The van der Waals surface area contributed by atoms with Gasteiger partial charge in [-0.25, -0.2) is 4.39 Å². The summed E-state index contributed by atoms with van der Waals surface area (Å²) >= 11 is 6.17. The minimum absolute atomic E-state index is 0.102. The Labute approximate surface area is 115 Å². The van der Waals surface area contributed by atoms with Crippen molar-refractivity contribution in [2.45, 2.75) is 25.9 Å². The summed E-state index contributed by atoms with van der Waals surface area (Å²) in [5, 5.41) is 15.0. The van der Waals surface area contributed by atoms with E-state index < -0.39 is 11.9 Å². The summed E-state index contributed by atoms with van der Waals surface area (Å²) in [7, 11) is 1.70. The zero-order valence-corrected chi connectivity index (χ0v) is 11.7. The van der Waals surface area contributed by atoms with Crippen LogP contribution in [-0.4, -0.2) is 19.9 Å². The number of pyridine rings is 1. The summed E-state index contributed by atoms with van der Waals surface area (Å²) in [5.41, 5.74) is 1.56. The Kier molecular flexibility index (Phi) is 3.87. The molecule has 6 heteroatoms. The van der Waals surface area contributed by atoms with Crippen molar-refractivity contribution >= 4 is 11.6 Å². The van der Waals surface area contributed by atoms with Crippen LogP contribution in [0, 0.1) is 5.82 Å². The Morgan fingerprint density at radius 3 is 2.63 bits per heavy atom. The van der Waals surface area contributed by atoms with E-state index in [2.05, 4.69) is 10.1 Å². The number of halogens is 2. The highest BCUT2D eigenvalue weighted by Gasteiger charge is 2.25. The molecule has 19 heavy (non-hydrogen) atoms. The second-order valence-corrected chi connectivity index (χ2v) is 5.07. The maximum atomic E-state index is 13.2. The van der Waals surface area contributed by atoms with E-state index in [0.717, 1.165) is 6.20 Å². The van der Waals surface area contributed by atoms with Crippen LogP contribution in [0.25, 0.3) is 0 Å². The molecule has 0 aliphatic carbocycles. The first kappa shape index (κ1) is 14.0. The molecule has 0 aliphatic heterocycles. The molecule has 0 saturated heterocycles. The maximum absolute atomic E-state index is 13.2. The number of hydrogen-bond acceptors (Lipinski definition) is 3. The molecular weight excluding hydrogens is 269 g/mol. The number of aliphatic hydroxyl groups excluding tert-OH is 1. The average molecular weight is 284 g/mol. The highest BCUT2D eigenvalue weighted by atomic mass is 35.5. The third-order valence-corrected chi connectivity index (χ3v) is 3.35. The van der Waals surface area contributed by atoms with Gasteiger partial charge in [0.25, 0.3) is 0 Å². The smallest absolute Gasteiger partial charge is 0.141 e. The third-order valence-electron chi connectivity index (χ3n) is 2.90. The second-order valence-electron chi connectivity index (χ2n) is 4.71. The summed E-state index contributed by atoms with van der Waals surface area (Å²) in [4.78, 5) is 3.74. The lowest BCUT2D eigenvalue weighted by molar-refractivity contribution is 0.218. The van der Waals surface area contributed by atoms with Gasteiger partial charge in [0, 0.05) is 24.4 Å².